The first-order chi connectivity index (χ1) is 10.7. The highest BCUT2D eigenvalue weighted by molar-refractivity contribution is 7.98. The van der Waals surface area contributed by atoms with Crippen molar-refractivity contribution in [2.24, 2.45) is 0 Å². The third-order valence-corrected chi connectivity index (χ3v) is 4.56. The fourth-order valence-electron chi connectivity index (χ4n) is 2.54. The Morgan fingerprint density at radius 2 is 1.73 bits per heavy atom. The van der Waals surface area contributed by atoms with E-state index >= 15 is 0 Å². The molecule has 3 rings (SSSR count). The third-order valence-electron chi connectivity index (χ3n) is 3.81. The average molecular weight is 310 g/mol. The van der Waals surface area contributed by atoms with Crippen LogP contribution in [0.4, 0.5) is 0 Å². The van der Waals surface area contributed by atoms with E-state index < -0.39 is 0 Å². The number of nitrogens with one attached hydrogen (secondary N) is 1. The van der Waals surface area contributed by atoms with Crippen molar-refractivity contribution in [3.63, 3.8) is 0 Å². The predicted molar refractivity (Wildman–Crippen MR) is 92.2 cm³/mol. The zero-order chi connectivity index (χ0) is 15.5. The molecule has 3 nitrogen and oxygen atoms in total. The minimum absolute atomic E-state index is 0.0182. The van der Waals surface area contributed by atoms with Crippen LogP contribution in [0, 0.1) is 6.92 Å². The Kier molecular flexibility index (Phi) is 4.20. The molecule has 0 spiro atoms. The number of rotatable bonds is 4. The summed E-state index contributed by atoms with van der Waals surface area (Å²) in [6.45, 7) is 1.98. The number of hydrogen-bond acceptors (Lipinski definition) is 2. The van der Waals surface area contributed by atoms with Crippen molar-refractivity contribution in [1.82, 2.24) is 9.78 Å². The number of para-hydroxylation sites is 1. The summed E-state index contributed by atoms with van der Waals surface area (Å²) in [7, 11) is 0. The van der Waals surface area contributed by atoms with Gasteiger partial charge in [0.1, 0.15) is 0 Å². The maximum Gasteiger partial charge on any atom is 0.268 e. The molecule has 4 heteroatoms. The number of hydrogen-bond donors (Lipinski definition) is 1. The van der Waals surface area contributed by atoms with Gasteiger partial charge in [0, 0.05) is 22.6 Å². The predicted octanol–water partition coefficient (Wildman–Crippen LogP) is 3.79. The Labute approximate surface area is 134 Å². The molecule has 1 heterocycles. The van der Waals surface area contributed by atoms with Crippen LogP contribution in [-0.4, -0.2) is 16.0 Å². The van der Waals surface area contributed by atoms with Crippen molar-refractivity contribution in [2.45, 2.75) is 18.2 Å². The monoisotopic (exact) mass is 310 g/mol. The zero-order valence-electron chi connectivity index (χ0n) is 12.7. The van der Waals surface area contributed by atoms with Crippen LogP contribution in [0.2, 0.25) is 0 Å². The van der Waals surface area contributed by atoms with Gasteiger partial charge in [-0.15, -0.1) is 11.8 Å². The first kappa shape index (κ1) is 14.7. The lowest BCUT2D eigenvalue weighted by Crippen LogP contribution is -2.07. The molecule has 0 amide bonds. The van der Waals surface area contributed by atoms with Gasteiger partial charge in [-0.2, -0.15) is 0 Å². The summed E-state index contributed by atoms with van der Waals surface area (Å²) in [4.78, 5) is 13.5. The van der Waals surface area contributed by atoms with Crippen molar-refractivity contribution in [1.29, 1.82) is 0 Å². The number of thioether (sulfide) groups is 1. The highest BCUT2D eigenvalue weighted by Gasteiger charge is 2.12. The van der Waals surface area contributed by atoms with E-state index in [1.165, 1.54) is 4.90 Å². The van der Waals surface area contributed by atoms with E-state index in [9.17, 15) is 4.79 Å². The number of nitrogens with zero attached hydrogens (tertiary/aromatic N) is 1. The van der Waals surface area contributed by atoms with Gasteiger partial charge in [0.25, 0.3) is 5.56 Å². The zero-order valence-corrected chi connectivity index (χ0v) is 13.5. The summed E-state index contributed by atoms with van der Waals surface area (Å²) in [6.07, 6.45) is 2.71. The van der Waals surface area contributed by atoms with Crippen molar-refractivity contribution >= 4 is 11.8 Å². The lowest BCUT2D eigenvalue weighted by atomic mass is 10.1. The van der Waals surface area contributed by atoms with Gasteiger partial charge in [-0.25, -0.2) is 0 Å². The summed E-state index contributed by atoms with van der Waals surface area (Å²) in [5.41, 5.74) is 3.89. The summed E-state index contributed by atoms with van der Waals surface area (Å²) in [5.74, 6) is 0. The van der Waals surface area contributed by atoms with Crippen LogP contribution in [0.1, 0.15) is 16.8 Å². The molecule has 1 N–H and O–H groups in total. The minimum atomic E-state index is -0.0182. The number of H-pyrrole nitrogens is 1. The number of benzene rings is 2. The van der Waals surface area contributed by atoms with Crippen molar-refractivity contribution < 1.29 is 0 Å². The molecule has 1 aromatic heterocycles. The molecule has 3 aromatic rings. The van der Waals surface area contributed by atoms with Gasteiger partial charge in [0.2, 0.25) is 0 Å². The second-order valence-electron chi connectivity index (χ2n) is 5.20. The van der Waals surface area contributed by atoms with Gasteiger partial charge < -0.3 is 0 Å². The molecule has 0 aliphatic carbocycles. The molecular weight excluding hydrogens is 292 g/mol. The summed E-state index contributed by atoms with van der Waals surface area (Å²) < 4.78 is 1.86. The molecule has 112 valence electrons. The van der Waals surface area contributed by atoms with E-state index in [1.807, 2.05) is 41.9 Å². The molecule has 0 fully saturated rings. The highest BCUT2D eigenvalue weighted by Crippen LogP contribution is 2.18. The topological polar surface area (TPSA) is 37.8 Å². The van der Waals surface area contributed by atoms with Crippen LogP contribution in [0.15, 0.2) is 64.3 Å². The fraction of sp³-hybridized carbons (Fsp3) is 0.167. The van der Waals surface area contributed by atoms with Crippen molar-refractivity contribution in [3.8, 4) is 5.69 Å². The second kappa shape index (κ2) is 6.28. The van der Waals surface area contributed by atoms with E-state index in [4.69, 9.17) is 0 Å². The molecule has 2 aromatic carbocycles. The van der Waals surface area contributed by atoms with Crippen LogP contribution in [0.5, 0.6) is 0 Å². The third kappa shape index (κ3) is 2.88. The highest BCUT2D eigenvalue weighted by atomic mass is 32.2. The molecule has 0 aliphatic rings. The van der Waals surface area contributed by atoms with Gasteiger partial charge in [-0.05, 0) is 43.0 Å². The van der Waals surface area contributed by atoms with Crippen LogP contribution < -0.4 is 5.56 Å². The molecule has 0 saturated carbocycles. The smallest absolute Gasteiger partial charge is 0.268 e. The van der Waals surface area contributed by atoms with E-state index in [0.29, 0.717) is 6.42 Å². The lowest BCUT2D eigenvalue weighted by molar-refractivity contribution is 0.833. The maximum absolute atomic E-state index is 12.3. The van der Waals surface area contributed by atoms with Crippen LogP contribution in [0.25, 0.3) is 5.69 Å². The van der Waals surface area contributed by atoms with Crippen LogP contribution in [0.3, 0.4) is 0 Å². The first-order valence-corrected chi connectivity index (χ1v) is 8.40. The standard InChI is InChI=1S/C18H18N2OS/c1-13-17(12-14-8-10-16(22-2)11-9-14)18(21)19-20(13)15-6-4-3-5-7-15/h3-11H,12H2,1-2H3,(H,19,21). The van der Waals surface area contributed by atoms with Gasteiger partial charge in [-0.1, -0.05) is 30.3 Å². The molecule has 0 bridgehead atoms. The van der Waals surface area contributed by atoms with Gasteiger partial charge in [-0.3, -0.25) is 14.6 Å². The fourth-order valence-corrected chi connectivity index (χ4v) is 2.95. The van der Waals surface area contributed by atoms with E-state index in [1.54, 1.807) is 11.8 Å². The molecule has 0 radical (unpaired) electrons. The molecule has 0 saturated heterocycles. The first-order valence-electron chi connectivity index (χ1n) is 7.18. The Balaban J connectivity index is 1.94. The minimum Gasteiger partial charge on any atom is -0.268 e. The number of aromatic nitrogens is 2. The van der Waals surface area contributed by atoms with Crippen LogP contribution in [-0.2, 0) is 6.42 Å². The quantitative estimate of drug-likeness (QED) is 0.745. The Hall–Kier alpha value is -2.20. The van der Waals surface area contributed by atoms with E-state index in [-0.39, 0.29) is 5.56 Å². The molecular formula is C18H18N2OS. The Bertz CT molecular complexity index is 817. The molecule has 0 unspecified atom stereocenters. The van der Waals surface area contributed by atoms with Gasteiger partial charge >= 0.3 is 0 Å². The lowest BCUT2D eigenvalue weighted by Gasteiger charge is -2.06. The normalized spacial score (nSPS) is 10.8. The van der Waals surface area contributed by atoms with E-state index in [2.05, 4.69) is 35.6 Å². The average Bonchev–Trinajstić information content (AvgIpc) is 2.84. The SMILES string of the molecule is CSc1ccc(Cc2c(C)n(-c3ccccc3)[nH]c2=O)cc1. The largest absolute Gasteiger partial charge is 0.268 e. The van der Waals surface area contributed by atoms with Gasteiger partial charge in [0.15, 0.2) is 0 Å². The van der Waals surface area contributed by atoms with Gasteiger partial charge in [0.05, 0.1) is 5.69 Å². The summed E-state index contributed by atoms with van der Waals surface area (Å²) >= 11 is 1.72. The molecule has 22 heavy (non-hydrogen) atoms. The summed E-state index contributed by atoms with van der Waals surface area (Å²) in [6, 6.07) is 18.2. The second-order valence-corrected chi connectivity index (χ2v) is 6.08. The van der Waals surface area contributed by atoms with Crippen molar-refractivity contribution in [3.05, 3.63) is 81.8 Å². The summed E-state index contributed by atoms with van der Waals surface area (Å²) in [5, 5.41) is 2.93. The molecule has 0 aliphatic heterocycles. The Morgan fingerprint density at radius 3 is 2.36 bits per heavy atom. The van der Waals surface area contributed by atoms with Crippen molar-refractivity contribution in [2.75, 3.05) is 6.26 Å². The Morgan fingerprint density at radius 1 is 1.05 bits per heavy atom. The maximum atomic E-state index is 12.3. The van der Waals surface area contributed by atoms with E-state index in [0.717, 1.165) is 22.5 Å². The number of aromatic amines is 1. The molecule has 0 atom stereocenters. The van der Waals surface area contributed by atoms with Crippen LogP contribution >= 0.6 is 11.8 Å².